The summed E-state index contributed by atoms with van der Waals surface area (Å²) in [5, 5.41) is 9.92. The highest BCUT2D eigenvalue weighted by Crippen LogP contribution is 2.38. The van der Waals surface area contributed by atoms with E-state index in [0.29, 0.717) is 45.3 Å². The zero-order chi connectivity index (χ0) is 27.7. The summed E-state index contributed by atoms with van der Waals surface area (Å²) < 4.78 is 13.1. The Labute approximate surface area is 238 Å². The number of pyridine rings is 1. The van der Waals surface area contributed by atoms with Crippen molar-refractivity contribution in [1.82, 2.24) is 9.47 Å². The van der Waals surface area contributed by atoms with E-state index in [4.69, 9.17) is 21.7 Å². The number of nitrogens with zero attached hydrogens (tertiary/aromatic N) is 4. The number of piperidine rings is 1. The second-order valence-corrected chi connectivity index (χ2v) is 12.0. The van der Waals surface area contributed by atoms with E-state index in [1.54, 1.807) is 16.4 Å². The van der Waals surface area contributed by atoms with Gasteiger partial charge in [0.15, 0.2) is 11.5 Å². The molecule has 0 radical (unpaired) electrons. The van der Waals surface area contributed by atoms with Gasteiger partial charge in [-0.15, -0.1) is 0 Å². The largest absolute Gasteiger partial charge is 0.454 e. The Bertz CT molecular complexity index is 1450. The minimum atomic E-state index is -0.260. The van der Waals surface area contributed by atoms with Crippen LogP contribution in [0, 0.1) is 24.2 Å². The molecule has 0 N–H and O–H groups in total. The van der Waals surface area contributed by atoms with Gasteiger partial charge in [0.2, 0.25) is 6.79 Å². The first-order chi connectivity index (χ1) is 18.8. The van der Waals surface area contributed by atoms with Crippen molar-refractivity contribution in [3.63, 3.8) is 0 Å². The second-order valence-electron chi connectivity index (χ2n) is 10.3. The maximum Gasteiger partial charge on any atom is 0.270 e. The second kappa shape index (κ2) is 11.4. The van der Waals surface area contributed by atoms with Crippen LogP contribution in [0.1, 0.15) is 61.8 Å². The number of hydrogen-bond acceptors (Lipinski definition) is 8. The lowest BCUT2D eigenvalue weighted by molar-refractivity contribution is -0.122. The van der Waals surface area contributed by atoms with E-state index < -0.39 is 0 Å². The Balaban J connectivity index is 1.55. The number of fused-ring (bicyclic) bond motifs is 1. The van der Waals surface area contributed by atoms with Gasteiger partial charge in [0.05, 0.1) is 11.4 Å². The van der Waals surface area contributed by atoms with Crippen molar-refractivity contribution < 1.29 is 14.3 Å². The van der Waals surface area contributed by atoms with E-state index in [-0.39, 0.29) is 23.8 Å². The van der Waals surface area contributed by atoms with E-state index in [1.807, 2.05) is 24.3 Å². The van der Waals surface area contributed by atoms with Crippen LogP contribution in [0.2, 0.25) is 0 Å². The van der Waals surface area contributed by atoms with Crippen molar-refractivity contribution in [2.75, 3.05) is 24.8 Å². The van der Waals surface area contributed by atoms with Gasteiger partial charge in [0, 0.05) is 25.2 Å². The standard InChI is InChI=1S/C29H32N4O4S2/c1-4-5-10-32-26(31-11-8-18(2)9-12-31)21(19(3)22(15-30)27(32)34)14-25-28(35)33(29(38)39-25)16-20-6-7-23-24(13-20)37-17-36-23/h6-7,13-14,18H,4-5,8-12,16-17H2,1-3H3/b25-14+. The number of rotatable bonds is 7. The molecule has 39 heavy (non-hydrogen) atoms. The lowest BCUT2D eigenvalue weighted by Crippen LogP contribution is -2.39. The molecule has 0 atom stereocenters. The number of aromatic nitrogens is 1. The van der Waals surface area contributed by atoms with Crippen molar-refractivity contribution in [3.05, 3.63) is 55.7 Å². The van der Waals surface area contributed by atoms with E-state index in [9.17, 15) is 14.9 Å². The predicted octanol–water partition coefficient (Wildman–Crippen LogP) is 5.19. The van der Waals surface area contributed by atoms with Gasteiger partial charge in [0.1, 0.15) is 21.8 Å². The van der Waals surface area contributed by atoms with Gasteiger partial charge < -0.3 is 14.4 Å². The van der Waals surface area contributed by atoms with E-state index in [0.717, 1.165) is 55.7 Å². The number of benzene rings is 1. The normalized spacial score (nSPS) is 18.4. The average Bonchev–Trinajstić information content (AvgIpc) is 3.50. The number of thiocarbonyl (C=S) groups is 1. The highest BCUT2D eigenvalue weighted by molar-refractivity contribution is 8.26. The van der Waals surface area contributed by atoms with Crippen LogP contribution < -0.4 is 19.9 Å². The van der Waals surface area contributed by atoms with Crippen molar-refractivity contribution in [3.8, 4) is 17.6 Å². The highest BCUT2D eigenvalue weighted by atomic mass is 32.2. The van der Waals surface area contributed by atoms with Gasteiger partial charge in [0.25, 0.3) is 11.5 Å². The summed E-state index contributed by atoms with van der Waals surface area (Å²) in [4.78, 5) is 31.4. The van der Waals surface area contributed by atoms with Crippen LogP contribution >= 0.6 is 24.0 Å². The van der Waals surface area contributed by atoms with Crippen molar-refractivity contribution in [2.45, 2.75) is 59.5 Å². The summed E-state index contributed by atoms with van der Waals surface area (Å²) >= 11 is 6.87. The monoisotopic (exact) mass is 564 g/mol. The first-order valence-corrected chi connectivity index (χ1v) is 14.6. The molecular weight excluding hydrogens is 532 g/mol. The van der Waals surface area contributed by atoms with Crippen LogP contribution in [0.15, 0.2) is 27.9 Å². The van der Waals surface area contributed by atoms with Gasteiger partial charge in [-0.1, -0.05) is 50.3 Å². The fraction of sp³-hybridized carbons (Fsp3) is 0.448. The number of carbonyl (C=O) groups excluding carboxylic acids is 1. The minimum Gasteiger partial charge on any atom is -0.454 e. The maximum absolute atomic E-state index is 13.6. The molecule has 0 saturated carbocycles. The number of ether oxygens (including phenoxy) is 2. The Morgan fingerprint density at radius 1 is 1.21 bits per heavy atom. The molecule has 0 spiro atoms. The van der Waals surface area contributed by atoms with Crippen LogP contribution in [0.5, 0.6) is 11.5 Å². The molecule has 2 saturated heterocycles. The highest BCUT2D eigenvalue weighted by Gasteiger charge is 2.34. The summed E-state index contributed by atoms with van der Waals surface area (Å²) in [6, 6.07) is 7.74. The quantitative estimate of drug-likeness (QED) is 0.335. The Kier molecular flexibility index (Phi) is 8.01. The summed E-state index contributed by atoms with van der Waals surface area (Å²) in [5.74, 6) is 2.57. The van der Waals surface area contributed by atoms with Crippen LogP contribution in [-0.4, -0.2) is 39.6 Å². The third-order valence-electron chi connectivity index (χ3n) is 7.59. The molecule has 0 aliphatic carbocycles. The molecule has 8 nitrogen and oxygen atoms in total. The number of unbranched alkanes of at least 4 members (excludes halogenated alkanes) is 1. The van der Waals surface area contributed by atoms with Gasteiger partial charge in [-0.3, -0.25) is 19.1 Å². The molecule has 2 fully saturated rings. The number of thioether (sulfide) groups is 1. The van der Waals surface area contributed by atoms with Gasteiger partial charge in [-0.25, -0.2) is 0 Å². The molecular formula is C29H32N4O4S2. The minimum absolute atomic E-state index is 0.127. The number of nitriles is 1. The van der Waals surface area contributed by atoms with Crippen molar-refractivity contribution in [1.29, 1.82) is 5.26 Å². The SMILES string of the molecule is CCCCn1c(N2CCC(C)CC2)c(/C=C2/SC(=S)N(Cc3ccc4c(c3)OCO4)C2=O)c(C)c(C#N)c1=O. The molecule has 2 aromatic rings. The third-order valence-corrected chi connectivity index (χ3v) is 8.97. The summed E-state index contributed by atoms with van der Waals surface area (Å²) in [6.45, 7) is 8.81. The number of hydrogen-bond donors (Lipinski definition) is 0. The first-order valence-electron chi connectivity index (χ1n) is 13.4. The summed E-state index contributed by atoms with van der Waals surface area (Å²) in [6.07, 6.45) is 5.63. The van der Waals surface area contributed by atoms with E-state index in [1.165, 1.54) is 11.8 Å². The molecule has 1 aromatic heterocycles. The Morgan fingerprint density at radius 2 is 1.95 bits per heavy atom. The molecule has 3 aliphatic heterocycles. The summed E-state index contributed by atoms with van der Waals surface area (Å²) in [5.41, 5.74) is 2.10. The molecule has 204 valence electrons. The molecule has 10 heteroatoms. The Morgan fingerprint density at radius 3 is 2.67 bits per heavy atom. The smallest absolute Gasteiger partial charge is 0.270 e. The van der Waals surface area contributed by atoms with Gasteiger partial charge >= 0.3 is 0 Å². The fourth-order valence-corrected chi connectivity index (χ4v) is 6.46. The number of carbonyl (C=O) groups is 1. The lowest BCUT2D eigenvalue weighted by Gasteiger charge is -2.35. The maximum atomic E-state index is 13.6. The van der Waals surface area contributed by atoms with Crippen molar-refractivity contribution >= 4 is 46.1 Å². The topological polar surface area (TPSA) is 87.8 Å². The summed E-state index contributed by atoms with van der Waals surface area (Å²) in [7, 11) is 0. The van der Waals surface area contributed by atoms with Crippen LogP contribution in [0.4, 0.5) is 5.82 Å². The lowest BCUT2D eigenvalue weighted by atomic mass is 9.97. The molecule has 4 heterocycles. The number of anilines is 1. The zero-order valence-electron chi connectivity index (χ0n) is 22.5. The molecule has 3 aliphatic rings. The van der Waals surface area contributed by atoms with Crippen LogP contribution in [0.25, 0.3) is 6.08 Å². The van der Waals surface area contributed by atoms with Crippen LogP contribution in [-0.2, 0) is 17.9 Å². The van der Waals surface area contributed by atoms with Crippen molar-refractivity contribution in [2.24, 2.45) is 5.92 Å². The van der Waals surface area contributed by atoms with Gasteiger partial charge in [-0.05, 0) is 61.4 Å². The average molecular weight is 565 g/mol. The molecule has 0 bridgehead atoms. The predicted molar refractivity (Wildman–Crippen MR) is 157 cm³/mol. The van der Waals surface area contributed by atoms with E-state index >= 15 is 0 Å². The molecule has 1 amide bonds. The Hall–Kier alpha value is -3.29. The first kappa shape index (κ1) is 27.3. The van der Waals surface area contributed by atoms with Crippen LogP contribution in [0.3, 0.4) is 0 Å². The van der Waals surface area contributed by atoms with Gasteiger partial charge in [-0.2, -0.15) is 5.26 Å². The fourth-order valence-electron chi connectivity index (χ4n) is 5.22. The third kappa shape index (κ3) is 5.30. The number of amides is 1. The molecule has 5 rings (SSSR count). The molecule has 0 unspecified atom stereocenters. The van der Waals surface area contributed by atoms with E-state index in [2.05, 4.69) is 24.8 Å². The molecule has 1 aromatic carbocycles. The zero-order valence-corrected chi connectivity index (χ0v) is 24.1.